The van der Waals surface area contributed by atoms with Crippen LogP contribution in [0, 0.1) is 5.41 Å². The fourth-order valence-corrected chi connectivity index (χ4v) is 1.63. The van der Waals surface area contributed by atoms with Crippen molar-refractivity contribution >= 4 is 17.8 Å². The van der Waals surface area contributed by atoms with Crippen LogP contribution in [-0.4, -0.2) is 16.8 Å². The summed E-state index contributed by atoms with van der Waals surface area (Å²) in [5.74, 6) is -1.78. The smallest absolute Gasteiger partial charge is 0.317 e. The number of hydrogen-bond acceptors (Lipinski definition) is 2. The number of carbonyl (C=O) groups is 1. The summed E-state index contributed by atoms with van der Waals surface area (Å²) in [7, 11) is 0. The first-order valence-electron chi connectivity index (χ1n) is 4.28. The first-order valence-corrected chi connectivity index (χ1v) is 4.28. The Kier molecular flexibility index (Phi) is 1.93. The average Bonchev–Trinajstić information content (AvgIpc) is 2.17. The third-order valence-electron chi connectivity index (χ3n) is 2.31. The molecule has 0 amide bonds. The summed E-state index contributed by atoms with van der Waals surface area (Å²) >= 11 is 0. The van der Waals surface area contributed by atoms with Crippen LogP contribution in [-0.2, 0) is 4.79 Å². The first kappa shape index (κ1) is 8.69. The van der Waals surface area contributed by atoms with Crippen LogP contribution in [0.2, 0.25) is 0 Å². The van der Waals surface area contributed by atoms with Gasteiger partial charge in [-0.05, 0) is 17.2 Å². The highest BCUT2D eigenvalue weighted by molar-refractivity contribution is 6.14. The van der Waals surface area contributed by atoms with Crippen molar-refractivity contribution in [2.24, 2.45) is 0 Å². The second-order valence-corrected chi connectivity index (χ2v) is 3.19. The SMILES string of the molecule is N=C1C=Cc2ccccc2C1C(=O)O. The number of benzene rings is 1. The average molecular weight is 187 g/mol. The number of carboxylic acid groups (broad SMARTS) is 1. The lowest BCUT2D eigenvalue weighted by Crippen LogP contribution is -2.22. The molecule has 0 saturated carbocycles. The minimum Gasteiger partial charge on any atom is -0.480 e. The minimum atomic E-state index is -0.966. The van der Waals surface area contributed by atoms with Crippen LogP contribution in [0.25, 0.3) is 6.08 Å². The van der Waals surface area contributed by atoms with Crippen LogP contribution in [0.15, 0.2) is 30.3 Å². The molecule has 3 heteroatoms. The molecule has 14 heavy (non-hydrogen) atoms. The monoisotopic (exact) mass is 187 g/mol. The van der Waals surface area contributed by atoms with Gasteiger partial charge in [0.05, 0.1) is 5.71 Å². The van der Waals surface area contributed by atoms with Crippen molar-refractivity contribution in [1.82, 2.24) is 0 Å². The van der Waals surface area contributed by atoms with Crippen LogP contribution >= 0.6 is 0 Å². The zero-order chi connectivity index (χ0) is 10.1. The highest BCUT2D eigenvalue weighted by Crippen LogP contribution is 2.27. The maximum Gasteiger partial charge on any atom is 0.317 e. The van der Waals surface area contributed by atoms with Gasteiger partial charge in [-0.2, -0.15) is 0 Å². The van der Waals surface area contributed by atoms with Gasteiger partial charge in [-0.1, -0.05) is 30.3 Å². The zero-order valence-corrected chi connectivity index (χ0v) is 7.40. The molecule has 0 radical (unpaired) electrons. The molecule has 0 heterocycles. The van der Waals surface area contributed by atoms with E-state index in [-0.39, 0.29) is 5.71 Å². The van der Waals surface area contributed by atoms with Crippen molar-refractivity contribution in [3.05, 3.63) is 41.5 Å². The Hall–Kier alpha value is -1.90. The Morgan fingerprint density at radius 2 is 2.00 bits per heavy atom. The molecule has 1 aromatic rings. The minimum absolute atomic E-state index is 0.135. The molecule has 0 aromatic heterocycles. The summed E-state index contributed by atoms with van der Waals surface area (Å²) in [5.41, 5.74) is 1.72. The summed E-state index contributed by atoms with van der Waals surface area (Å²) in [4.78, 5) is 11.0. The normalized spacial score (nSPS) is 19.1. The molecular weight excluding hydrogens is 178 g/mol. The Morgan fingerprint density at radius 3 is 2.71 bits per heavy atom. The molecule has 3 nitrogen and oxygen atoms in total. The van der Waals surface area contributed by atoms with Crippen molar-refractivity contribution in [3.8, 4) is 0 Å². The summed E-state index contributed by atoms with van der Waals surface area (Å²) in [6.45, 7) is 0. The van der Waals surface area contributed by atoms with Crippen molar-refractivity contribution in [1.29, 1.82) is 5.41 Å². The fourth-order valence-electron chi connectivity index (χ4n) is 1.63. The van der Waals surface area contributed by atoms with Crippen molar-refractivity contribution in [2.75, 3.05) is 0 Å². The molecule has 2 N–H and O–H groups in total. The van der Waals surface area contributed by atoms with Crippen LogP contribution in [0.4, 0.5) is 0 Å². The number of allylic oxidation sites excluding steroid dienone is 1. The summed E-state index contributed by atoms with van der Waals surface area (Å²) < 4.78 is 0. The quantitative estimate of drug-likeness (QED) is 0.705. The fraction of sp³-hybridized carbons (Fsp3) is 0.0909. The van der Waals surface area contributed by atoms with Gasteiger partial charge in [0.15, 0.2) is 0 Å². The van der Waals surface area contributed by atoms with E-state index in [2.05, 4.69) is 0 Å². The number of carboxylic acids is 1. The van der Waals surface area contributed by atoms with Crippen LogP contribution < -0.4 is 0 Å². The van der Waals surface area contributed by atoms with Gasteiger partial charge in [0, 0.05) is 0 Å². The van der Waals surface area contributed by atoms with Gasteiger partial charge in [0.1, 0.15) is 5.92 Å². The van der Waals surface area contributed by atoms with Gasteiger partial charge < -0.3 is 10.5 Å². The topological polar surface area (TPSA) is 61.2 Å². The highest BCUT2D eigenvalue weighted by atomic mass is 16.4. The Bertz CT molecular complexity index is 435. The lowest BCUT2D eigenvalue weighted by molar-refractivity contribution is -0.137. The molecule has 70 valence electrons. The van der Waals surface area contributed by atoms with Crippen molar-refractivity contribution in [2.45, 2.75) is 5.92 Å². The van der Waals surface area contributed by atoms with Crippen LogP contribution in [0.5, 0.6) is 0 Å². The van der Waals surface area contributed by atoms with Gasteiger partial charge in [-0.25, -0.2) is 0 Å². The number of fused-ring (bicyclic) bond motifs is 1. The molecule has 0 fully saturated rings. The predicted octanol–water partition coefficient (Wildman–Crippen LogP) is 1.90. The molecular formula is C11H9NO2. The third-order valence-corrected chi connectivity index (χ3v) is 2.31. The number of aliphatic carboxylic acids is 1. The van der Waals surface area contributed by atoms with E-state index < -0.39 is 11.9 Å². The van der Waals surface area contributed by atoms with Crippen LogP contribution in [0.3, 0.4) is 0 Å². The molecule has 2 rings (SSSR count). The third kappa shape index (κ3) is 1.23. The Morgan fingerprint density at radius 1 is 1.29 bits per heavy atom. The lowest BCUT2D eigenvalue weighted by Gasteiger charge is -2.18. The van der Waals surface area contributed by atoms with E-state index in [1.807, 2.05) is 12.1 Å². The second-order valence-electron chi connectivity index (χ2n) is 3.19. The van der Waals surface area contributed by atoms with E-state index in [0.717, 1.165) is 5.56 Å². The summed E-state index contributed by atoms with van der Waals surface area (Å²) in [6.07, 6.45) is 3.32. The molecule has 1 aliphatic rings. The van der Waals surface area contributed by atoms with E-state index in [1.165, 1.54) is 0 Å². The first-order chi connectivity index (χ1) is 6.70. The number of hydrogen-bond donors (Lipinski definition) is 2. The molecule has 0 bridgehead atoms. The Labute approximate surface area is 81.2 Å². The summed E-state index contributed by atoms with van der Waals surface area (Å²) in [5, 5.41) is 16.5. The molecule has 1 unspecified atom stereocenters. The largest absolute Gasteiger partial charge is 0.480 e. The molecule has 1 atom stereocenters. The standard InChI is InChI=1S/C11H9NO2/c12-9-6-5-7-3-1-2-4-8(7)10(9)11(13)14/h1-6,10,12H,(H,13,14). The summed E-state index contributed by atoms with van der Waals surface area (Å²) in [6, 6.07) is 7.26. The van der Waals surface area contributed by atoms with Gasteiger partial charge in [0.25, 0.3) is 0 Å². The lowest BCUT2D eigenvalue weighted by atomic mass is 9.86. The van der Waals surface area contributed by atoms with Gasteiger partial charge in [-0.15, -0.1) is 0 Å². The van der Waals surface area contributed by atoms with E-state index in [0.29, 0.717) is 5.56 Å². The van der Waals surface area contributed by atoms with Gasteiger partial charge in [0.2, 0.25) is 0 Å². The Balaban J connectivity index is 2.59. The van der Waals surface area contributed by atoms with E-state index in [4.69, 9.17) is 10.5 Å². The molecule has 0 saturated heterocycles. The number of rotatable bonds is 1. The van der Waals surface area contributed by atoms with E-state index in [1.54, 1.807) is 24.3 Å². The molecule has 1 aromatic carbocycles. The maximum absolute atomic E-state index is 11.0. The maximum atomic E-state index is 11.0. The van der Waals surface area contributed by atoms with Gasteiger partial charge >= 0.3 is 5.97 Å². The molecule has 0 aliphatic heterocycles. The van der Waals surface area contributed by atoms with E-state index >= 15 is 0 Å². The highest BCUT2D eigenvalue weighted by Gasteiger charge is 2.27. The molecule has 1 aliphatic carbocycles. The zero-order valence-electron chi connectivity index (χ0n) is 7.40. The van der Waals surface area contributed by atoms with Crippen molar-refractivity contribution in [3.63, 3.8) is 0 Å². The van der Waals surface area contributed by atoms with Crippen molar-refractivity contribution < 1.29 is 9.90 Å². The predicted molar refractivity (Wildman–Crippen MR) is 53.6 cm³/mol. The van der Waals surface area contributed by atoms with E-state index in [9.17, 15) is 4.79 Å². The van der Waals surface area contributed by atoms with Crippen LogP contribution in [0.1, 0.15) is 17.0 Å². The second kappa shape index (κ2) is 3.10. The molecule has 0 spiro atoms. The van der Waals surface area contributed by atoms with Gasteiger partial charge in [-0.3, -0.25) is 4.79 Å². The number of nitrogens with one attached hydrogen (secondary N) is 1.